The maximum absolute atomic E-state index is 15.9. The van der Waals surface area contributed by atoms with Gasteiger partial charge in [0, 0.05) is 11.1 Å². The molecule has 0 heterocycles. The molecule has 0 unspecified atom stereocenters. The first kappa shape index (κ1) is 27.9. The van der Waals surface area contributed by atoms with E-state index in [1.165, 1.54) is 37.8 Å². The number of rotatable bonds is 10. The van der Waals surface area contributed by atoms with Gasteiger partial charge in [-0.1, -0.05) is 56.9 Å². The number of hydrogen-bond donors (Lipinski definition) is 0. The van der Waals surface area contributed by atoms with E-state index in [1.807, 2.05) is 0 Å². The normalized spacial score (nSPS) is 17.6. The number of hydrogen-bond acceptors (Lipinski definition) is 2. The van der Waals surface area contributed by atoms with Crippen molar-refractivity contribution in [2.45, 2.75) is 77.7 Å². The zero-order valence-electron chi connectivity index (χ0n) is 21.7. The third-order valence-corrected chi connectivity index (χ3v) is 7.42. The fourth-order valence-electron chi connectivity index (χ4n) is 5.42. The van der Waals surface area contributed by atoms with Gasteiger partial charge in [-0.3, -0.25) is 0 Å². The summed E-state index contributed by atoms with van der Waals surface area (Å²) in [6, 6.07) is 11.5. The fourth-order valence-corrected chi connectivity index (χ4v) is 5.42. The van der Waals surface area contributed by atoms with Gasteiger partial charge in [0.2, 0.25) is 0 Å². The zero-order chi connectivity index (χ0) is 27.2. The highest BCUT2D eigenvalue weighted by Crippen LogP contribution is 2.44. The van der Waals surface area contributed by atoms with Crippen molar-refractivity contribution in [1.29, 1.82) is 0 Å². The molecule has 0 aliphatic heterocycles. The Bertz CT molecular complexity index is 1240. The van der Waals surface area contributed by atoms with Crippen molar-refractivity contribution >= 4 is 0 Å². The molecule has 204 valence electrons. The monoisotopic (exact) mass is 532 g/mol. The van der Waals surface area contributed by atoms with Crippen molar-refractivity contribution in [3.63, 3.8) is 0 Å². The largest absolute Gasteiger partial charge is 0.453 e. The van der Waals surface area contributed by atoms with Crippen LogP contribution >= 0.6 is 0 Å². The second-order valence-electron chi connectivity index (χ2n) is 10.1. The Hall–Kier alpha value is -3.09. The van der Waals surface area contributed by atoms with Crippen molar-refractivity contribution in [3.05, 3.63) is 77.1 Å². The number of aryl methyl sites for hydroxylation is 1. The van der Waals surface area contributed by atoms with E-state index in [9.17, 15) is 13.2 Å². The predicted octanol–water partition coefficient (Wildman–Crippen LogP) is 10.3. The Labute approximate surface area is 220 Å². The molecule has 0 atom stereocenters. The van der Waals surface area contributed by atoms with Gasteiger partial charge < -0.3 is 9.47 Å². The first-order chi connectivity index (χ1) is 18.3. The molecule has 0 N–H and O–H groups in total. The van der Waals surface area contributed by atoms with E-state index in [-0.39, 0.29) is 23.0 Å². The topological polar surface area (TPSA) is 18.5 Å². The van der Waals surface area contributed by atoms with E-state index in [4.69, 9.17) is 4.74 Å². The lowest BCUT2D eigenvalue weighted by Gasteiger charge is -2.30. The molecule has 1 aliphatic rings. The molecular weight excluding hydrogens is 499 g/mol. The molecule has 0 radical (unpaired) electrons. The second kappa shape index (κ2) is 12.6. The Balaban J connectivity index is 1.59. The molecule has 3 aromatic carbocycles. The molecular formula is C31H33F5O2. The number of benzene rings is 3. The Morgan fingerprint density at radius 1 is 0.868 bits per heavy atom. The highest BCUT2D eigenvalue weighted by molar-refractivity contribution is 5.71. The molecule has 38 heavy (non-hydrogen) atoms. The van der Waals surface area contributed by atoms with Crippen LogP contribution in [-0.2, 0) is 0 Å². The summed E-state index contributed by atoms with van der Waals surface area (Å²) in [6.07, 6.45) is 8.13. The van der Waals surface area contributed by atoms with Crippen LogP contribution in [-0.4, -0.2) is 6.61 Å². The van der Waals surface area contributed by atoms with E-state index in [0.29, 0.717) is 22.6 Å². The highest BCUT2D eigenvalue weighted by Gasteiger charge is 2.29. The summed E-state index contributed by atoms with van der Waals surface area (Å²) in [6.45, 7) is 0.604. The standard InChI is InChI=1S/C31H33F5O2/c1-3-4-5-8-20-11-13-21(14-12-20)28-25(33)17-19(2)30(29(28)34)37-26-10-7-6-9-23(26)22-15-16-27(24(32)18-22)38-31(35)36/h6-7,9-10,15-18,20-21,31H,3-5,8,11-14H2,1-2H3/t20-,21-. The van der Waals surface area contributed by atoms with Crippen LogP contribution < -0.4 is 9.47 Å². The lowest BCUT2D eigenvalue weighted by molar-refractivity contribution is -0.0521. The van der Waals surface area contributed by atoms with E-state index in [2.05, 4.69) is 11.7 Å². The first-order valence-corrected chi connectivity index (χ1v) is 13.3. The molecule has 1 saturated carbocycles. The van der Waals surface area contributed by atoms with Crippen molar-refractivity contribution in [3.8, 4) is 28.4 Å². The smallest absolute Gasteiger partial charge is 0.387 e. The SMILES string of the molecule is CCCCC[C@H]1CC[C@H](c2c(F)cc(C)c(Oc3ccccc3-c3ccc(OC(F)F)c(F)c3)c2F)CC1. The lowest BCUT2D eigenvalue weighted by Crippen LogP contribution is -2.16. The molecule has 4 rings (SSSR count). The van der Waals surface area contributed by atoms with Gasteiger partial charge in [-0.2, -0.15) is 8.78 Å². The fraction of sp³-hybridized carbons (Fsp3) is 0.419. The molecule has 0 aromatic heterocycles. The summed E-state index contributed by atoms with van der Waals surface area (Å²) in [5.74, 6) is -2.26. The van der Waals surface area contributed by atoms with Crippen molar-refractivity contribution in [1.82, 2.24) is 0 Å². The molecule has 0 saturated heterocycles. The summed E-state index contributed by atoms with van der Waals surface area (Å²) in [5.41, 5.74) is 1.13. The van der Waals surface area contributed by atoms with Crippen LogP contribution in [0.5, 0.6) is 17.2 Å². The van der Waals surface area contributed by atoms with Crippen LogP contribution in [0.3, 0.4) is 0 Å². The molecule has 1 fully saturated rings. The molecule has 0 spiro atoms. The summed E-state index contributed by atoms with van der Waals surface area (Å²) in [5, 5.41) is 0. The molecule has 0 amide bonds. The molecule has 0 bridgehead atoms. The average molecular weight is 533 g/mol. The minimum atomic E-state index is -3.15. The number of alkyl halides is 2. The van der Waals surface area contributed by atoms with Gasteiger partial charge in [-0.25, -0.2) is 13.2 Å². The van der Waals surface area contributed by atoms with Gasteiger partial charge in [0.1, 0.15) is 11.6 Å². The van der Waals surface area contributed by atoms with Gasteiger partial charge in [-0.15, -0.1) is 0 Å². The Kier molecular flexibility index (Phi) is 9.29. The van der Waals surface area contributed by atoms with Crippen LogP contribution in [0.1, 0.15) is 75.3 Å². The number of halogens is 5. The highest BCUT2D eigenvalue weighted by atomic mass is 19.3. The van der Waals surface area contributed by atoms with E-state index in [0.717, 1.165) is 37.8 Å². The first-order valence-electron chi connectivity index (χ1n) is 13.3. The van der Waals surface area contributed by atoms with Gasteiger partial charge in [0.15, 0.2) is 23.1 Å². The predicted molar refractivity (Wildman–Crippen MR) is 138 cm³/mol. The third-order valence-electron chi connectivity index (χ3n) is 7.42. The molecule has 2 nitrogen and oxygen atoms in total. The maximum atomic E-state index is 15.9. The van der Waals surface area contributed by atoms with Gasteiger partial charge >= 0.3 is 6.61 Å². The third kappa shape index (κ3) is 6.48. The quantitative estimate of drug-likeness (QED) is 0.191. The van der Waals surface area contributed by atoms with Crippen LogP contribution in [0, 0.1) is 30.3 Å². The van der Waals surface area contributed by atoms with Gasteiger partial charge in [-0.05, 0) is 79.8 Å². The number of ether oxygens (including phenoxy) is 2. The molecule has 7 heteroatoms. The molecule has 1 aliphatic carbocycles. The lowest BCUT2D eigenvalue weighted by atomic mass is 9.76. The van der Waals surface area contributed by atoms with Gasteiger partial charge in [0.05, 0.1) is 0 Å². The second-order valence-corrected chi connectivity index (χ2v) is 10.1. The van der Waals surface area contributed by atoms with E-state index >= 15 is 8.78 Å². The minimum Gasteiger partial charge on any atom is -0.453 e. The van der Waals surface area contributed by atoms with Crippen LogP contribution in [0.4, 0.5) is 22.0 Å². The van der Waals surface area contributed by atoms with E-state index in [1.54, 1.807) is 31.2 Å². The van der Waals surface area contributed by atoms with Crippen LogP contribution in [0.25, 0.3) is 11.1 Å². The van der Waals surface area contributed by atoms with Crippen LogP contribution in [0.15, 0.2) is 48.5 Å². The van der Waals surface area contributed by atoms with Crippen LogP contribution in [0.2, 0.25) is 0 Å². The minimum absolute atomic E-state index is 0.0645. The summed E-state index contributed by atoms with van der Waals surface area (Å²) in [7, 11) is 0. The number of para-hydroxylation sites is 1. The average Bonchev–Trinajstić information content (AvgIpc) is 2.89. The van der Waals surface area contributed by atoms with Crippen molar-refractivity contribution in [2.75, 3.05) is 0 Å². The Morgan fingerprint density at radius 3 is 2.29 bits per heavy atom. The zero-order valence-corrected chi connectivity index (χ0v) is 21.7. The van der Waals surface area contributed by atoms with Gasteiger partial charge in [0.25, 0.3) is 0 Å². The maximum Gasteiger partial charge on any atom is 0.387 e. The Morgan fingerprint density at radius 2 is 1.61 bits per heavy atom. The summed E-state index contributed by atoms with van der Waals surface area (Å²) < 4.78 is 80.6. The van der Waals surface area contributed by atoms with E-state index < -0.39 is 29.8 Å². The van der Waals surface area contributed by atoms with Crippen molar-refractivity contribution in [2.24, 2.45) is 5.92 Å². The summed E-state index contributed by atoms with van der Waals surface area (Å²) >= 11 is 0. The summed E-state index contributed by atoms with van der Waals surface area (Å²) in [4.78, 5) is 0. The van der Waals surface area contributed by atoms with Crippen molar-refractivity contribution < 1.29 is 31.4 Å². The molecule has 3 aromatic rings. The number of unbranched alkanes of at least 4 members (excludes halogenated alkanes) is 2.